The first kappa shape index (κ1) is 16.7. The van der Waals surface area contributed by atoms with E-state index >= 15 is 0 Å². The number of ether oxygens (including phenoxy) is 1. The topological polar surface area (TPSA) is 36.9 Å². The second-order valence-corrected chi connectivity index (χ2v) is 7.16. The molecule has 1 aromatic carbocycles. The summed E-state index contributed by atoms with van der Waals surface area (Å²) in [5.41, 5.74) is 0. The van der Waals surface area contributed by atoms with Crippen molar-refractivity contribution in [3.05, 3.63) is 28.7 Å². The van der Waals surface area contributed by atoms with Crippen molar-refractivity contribution in [2.75, 3.05) is 26.1 Å². The van der Waals surface area contributed by atoms with Gasteiger partial charge in [0.15, 0.2) is 6.23 Å². The van der Waals surface area contributed by atoms with Crippen LogP contribution in [-0.2, 0) is 13.3 Å². The molecule has 0 fully saturated rings. The van der Waals surface area contributed by atoms with Gasteiger partial charge in [0.25, 0.3) is 0 Å². The fraction of sp³-hybridized carbons (Fsp3) is 0.538. The van der Waals surface area contributed by atoms with E-state index in [0.29, 0.717) is 26.1 Å². The Hall–Kier alpha value is -0.403. The van der Waals surface area contributed by atoms with Gasteiger partial charge in [-0.25, -0.2) is 0 Å². The molecule has 0 aliphatic rings. The van der Waals surface area contributed by atoms with Crippen molar-refractivity contribution < 1.29 is 18.0 Å². The van der Waals surface area contributed by atoms with E-state index in [1.165, 1.54) is 0 Å². The fourth-order valence-electron chi connectivity index (χ4n) is 1.61. The first-order chi connectivity index (χ1) is 9.15. The molecule has 0 unspecified atom stereocenters. The average Bonchev–Trinajstić information content (AvgIpc) is 2.39. The Labute approximate surface area is 124 Å². The molecule has 0 N–H and O–H groups in total. The summed E-state index contributed by atoms with van der Waals surface area (Å²) < 4.78 is 23.9. The molecule has 6 heteroatoms. The summed E-state index contributed by atoms with van der Waals surface area (Å²) in [6, 6.07) is 7.65. The molecule has 1 aromatic rings. The molecular formula is C13H21BrO4Si. The third-order valence-electron chi connectivity index (χ3n) is 2.32. The molecule has 0 aliphatic carbocycles. The van der Waals surface area contributed by atoms with E-state index in [-0.39, 0.29) is 0 Å². The summed E-state index contributed by atoms with van der Waals surface area (Å²) in [6.45, 7) is 7.44. The molecule has 0 aliphatic heterocycles. The Balaban J connectivity index is 2.67. The van der Waals surface area contributed by atoms with Gasteiger partial charge in [0, 0.05) is 24.3 Å². The number of hydrogen-bond acceptors (Lipinski definition) is 4. The van der Waals surface area contributed by atoms with Crippen LogP contribution in [0.1, 0.15) is 20.8 Å². The van der Waals surface area contributed by atoms with Crippen LogP contribution in [0.15, 0.2) is 28.7 Å². The molecule has 0 atom stereocenters. The lowest BCUT2D eigenvalue weighted by molar-refractivity contribution is 0.0541. The van der Waals surface area contributed by atoms with Gasteiger partial charge in [-0.2, -0.15) is 0 Å². The van der Waals surface area contributed by atoms with Crippen LogP contribution in [0.25, 0.3) is 0 Å². The van der Waals surface area contributed by atoms with Crippen LogP contribution >= 0.6 is 15.9 Å². The standard InChI is InChI=1S/C13H21BrO4Si/c1-4-16-19(17-5-2,18-6-3)11-15-13-9-7-12(14)8-10-13/h7-10H,4-6,11H2,1-3H3. The van der Waals surface area contributed by atoms with E-state index in [0.717, 1.165) is 10.2 Å². The number of hydrogen-bond donors (Lipinski definition) is 0. The summed E-state index contributed by atoms with van der Waals surface area (Å²) in [5.74, 6) is 0.777. The van der Waals surface area contributed by atoms with E-state index in [1.807, 2.05) is 45.0 Å². The third-order valence-corrected chi connectivity index (χ3v) is 5.53. The van der Waals surface area contributed by atoms with Gasteiger partial charge in [-0.15, -0.1) is 0 Å². The number of halogens is 1. The second-order valence-electron chi connectivity index (χ2n) is 3.72. The molecule has 0 spiro atoms. The van der Waals surface area contributed by atoms with E-state index in [1.54, 1.807) is 0 Å². The van der Waals surface area contributed by atoms with E-state index in [2.05, 4.69) is 15.9 Å². The molecule has 0 bridgehead atoms. The number of benzene rings is 1. The summed E-state index contributed by atoms with van der Waals surface area (Å²) in [6.07, 6.45) is 0.324. The Kier molecular flexibility index (Phi) is 7.63. The first-order valence-corrected chi connectivity index (χ1v) is 9.18. The van der Waals surface area contributed by atoms with Crippen molar-refractivity contribution in [1.82, 2.24) is 0 Å². The van der Waals surface area contributed by atoms with Crippen LogP contribution in [0.2, 0.25) is 0 Å². The monoisotopic (exact) mass is 348 g/mol. The Morgan fingerprint density at radius 2 is 1.37 bits per heavy atom. The van der Waals surface area contributed by atoms with Gasteiger partial charge >= 0.3 is 8.80 Å². The zero-order valence-electron chi connectivity index (χ0n) is 11.6. The predicted octanol–water partition coefficient (Wildman–Crippen LogP) is 3.42. The lowest BCUT2D eigenvalue weighted by Crippen LogP contribution is -2.51. The quantitative estimate of drug-likeness (QED) is 0.640. The Morgan fingerprint density at radius 3 is 1.79 bits per heavy atom. The highest BCUT2D eigenvalue weighted by Crippen LogP contribution is 2.18. The molecule has 108 valence electrons. The first-order valence-electron chi connectivity index (χ1n) is 6.46. The minimum atomic E-state index is -2.73. The van der Waals surface area contributed by atoms with Crippen LogP contribution < -0.4 is 4.74 Å². The van der Waals surface area contributed by atoms with Crippen LogP contribution in [0.3, 0.4) is 0 Å². The van der Waals surface area contributed by atoms with Gasteiger partial charge in [0.1, 0.15) is 5.75 Å². The van der Waals surface area contributed by atoms with Gasteiger partial charge in [-0.3, -0.25) is 0 Å². The molecule has 4 nitrogen and oxygen atoms in total. The summed E-state index contributed by atoms with van der Waals surface area (Å²) in [7, 11) is -2.73. The minimum absolute atomic E-state index is 0.324. The van der Waals surface area contributed by atoms with Crippen molar-refractivity contribution >= 4 is 24.7 Å². The zero-order valence-corrected chi connectivity index (χ0v) is 14.2. The highest BCUT2D eigenvalue weighted by Gasteiger charge is 2.42. The van der Waals surface area contributed by atoms with Crippen LogP contribution in [-0.4, -0.2) is 34.9 Å². The molecule has 0 aromatic heterocycles. The van der Waals surface area contributed by atoms with Gasteiger partial charge < -0.3 is 18.0 Å². The molecule has 0 saturated heterocycles. The number of rotatable bonds is 9. The highest BCUT2D eigenvalue weighted by molar-refractivity contribution is 9.10. The van der Waals surface area contributed by atoms with E-state index in [4.69, 9.17) is 18.0 Å². The van der Waals surface area contributed by atoms with Crippen LogP contribution in [0.5, 0.6) is 5.75 Å². The Morgan fingerprint density at radius 1 is 0.895 bits per heavy atom. The molecule has 0 radical (unpaired) electrons. The van der Waals surface area contributed by atoms with Crippen molar-refractivity contribution in [2.45, 2.75) is 20.8 Å². The minimum Gasteiger partial charge on any atom is -0.489 e. The zero-order chi connectivity index (χ0) is 14.1. The smallest absolute Gasteiger partial charge is 0.489 e. The van der Waals surface area contributed by atoms with Crippen LogP contribution in [0, 0.1) is 0 Å². The van der Waals surface area contributed by atoms with Crippen molar-refractivity contribution in [3.8, 4) is 5.75 Å². The van der Waals surface area contributed by atoms with Crippen LogP contribution in [0.4, 0.5) is 0 Å². The van der Waals surface area contributed by atoms with E-state index < -0.39 is 8.80 Å². The van der Waals surface area contributed by atoms with Gasteiger partial charge in [-0.1, -0.05) is 15.9 Å². The SMILES string of the molecule is CCO[Si](COc1ccc(Br)cc1)(OCC)OCC. The van der Waals surface area contributed by atoms with Crippen molar-refractivity contribution in [2.24, 2.45) is 0 Å². The summed E-state index contributed by atoms with van der Waals surface area (Å²) in [4.78, 5) is 0. The summed E-state index contributed by atoms with van der Waals surface area (Å²) in [5, 5.41) is 0. The maximum atomic E-state index is 5.75. The van der Waals surface area contributed by atoms with Crippen molar-refractivity contribution in [3.63, 3.8) is 0 Å². The maximum Gasteiger partial charge on any atom is 0.540 e. The lowest BCUT2D eigenvalue weighted by atomic mass is 10.3. The van der Waals surface area contributed by atoms with Gasteiger partial charge in [0.05, 0.1) is 0 Å². The molecule has 0 amide bonds. The normalized spacial score (nSPS) is 11.6. The van der Waals surface area contributed by atoms with Gasteiger partial charge in [-0.05, 0) is 45.0 Å². The molecule has 0 saturated carbocycles. The van der Waals surface area contributed by atoms with Gasteiger partial charge in [0.2, 0.25) is 0 Å². The van der Waals surface area contributed by atoms with E-state index in [9.17, 15) is 0 Å². The largest absolute Gasteiger partial charge is 0.540 e. The second kappa shape index (κ2) is 8.71. The molecule has 0 heterocycles. The highest BCUT2D eigenvalue weighted by atomic mass is 79.9. The molecular weight excluding hydrogens is 328 g/mol. The average molecular weight is 349 g/mol. The summed E-state index contributed by atoms with van der Waals surface area (Å²) >= 11 is 3.39. The Bertz CT molecular complexity index is 341. The van der Waals surface area contributed by atoms with Crippen molar-refractivity contribution in [1.29, 1.82) is 0 Å². The molecule has 1 rings (SSSR count). The third kappa shape index (κ3) is 5.62. The fourth-order valence-corrected chi connectivity index (χ4v) is 4.04. The predicted molar refractivity (Wildman–Crippen MR) is 80.3 cm³/mol. The molecule has 19 heavy (non-hydrogen) atoms. The lowest BCUT2D eigenvalue weighted by Gasteiger charge is -2.28. The maximum absolute atomic E-state index is 5.75.